The standard InChI is InChI=1S/C17H15N3O2S2/c21-15(18-12-8-9-12)14(11-5-2-1-3-6-11)24-17-20-19-16(22-17)13-7-4-10-23-13/h1-7,10,12,14H,8-9H2,(H,18,21). The van der Waals surface area contributed by atoms with E-state index in [9.17, 15) is 4.79 Å². The molecule has 7 heteroatoms. The Morgan fingerprint density at radius 2 is 2.04 bits per heavy atom. The first-order valence-electron chi connectivity index (χ1n) is 7.69. The first-order valence-corrected chi connectivity index (χ1v) is 9.45. The van der Waals surface area contributed by atoms with E-state index in [2.05, 4.69) is 15.5 Å². The largest absolute Gasteiger partial charge is 0.410 e. The number of hydrogen-bond donors (Lipinski definition) is 1. The summed E-state index contributed by atoms with van der Waals surface area (Å²) in [4.78, 5) is 13.5. The van der Waals surface area contributed by atoms with Crippen molar-refractivity contribution in [3.63, 3.8) is 0 Å². The van der Waals surface area contributed by atoms with Gasteiger partial charge < -0.3 is 9.73 Å². The second-order valence-corrected chi connectivity index (χ2v) is 7.55. The molecule has 0 bridgehead atoms. The van der Waals surface area contributed by atoms with Gasteiger partial charge in [-0.15, -0.1) is 21.5 Å². The minimum absolute atomic E-state index is 0.00965. The monoisotopic (exact) mass is 357 g/mol. The van der Waals surface area contributed by atoms with E-state index in [0.29, 0.717) is 17.2 Å². The maximum Gasteiger partial charge on any atom is 0.278 e. The van der Waals surface area contributed by atoms with Crippen LogP contribution in [-0.4, -0.2) is 22.1 Å². The van der Waals surface area contributed by atoms with Crippen molar-refractivity contribution in [1.29, 1.82) is 0 Å². The number of aromatic nitrogens is 2. The highest BCUT2D eigenvalue weighted by Gasteiger charge is 2.30. The first kappa shape index (κ1) is 15.4. The summed E-state index contributed by atoms with van der Waals surface area (Å²) in [7, 11) is 0. The molecule has 24 heavy (non-hydrogen) atoms. The first-order chi connectivity index (χ1) is 11.8. The Hall–Kier alpha value is -2.12. The predicted octanol–water partition coefficient (Wildman–Crippen LogP) is 3.91. The molecule has 0 saturated heterocycles. The fourth-order valence-corrected chi connectivity index (χ4v) is 3.79. The summed E-state index contributed by atoms with van der Waals surface area (Å²) < 4.78 is 5.72. The van der Waals surface area contributed by atoms with Crippen molar-refractivity contribution >= 4 is 29.0 Å². The molecule has 1 N–H and O–H groups in total. The number of carbonyl (C=O) groups is 1. The summed E-state index contributed by atoms with van der Waals surface area (Å²) >= 11 is 2.83. The Morgan fingerprint density at radius 3 is 2.75 bits per heavy atom. The maximum absolute atomic E-state index is 12.6. The van der Waals surface area contributed by atoms with Crippen LogP contribution in [0, 0.1) is 0 Å². The third kappa shape index (κ3) is 3.52. The van der Waals surface area contributed by atoms with Gasteiger partial charge in [0.2, 0.25) is 5.91 Å². The third-order valence-corrected chi connectivity index (χ3v) is 5.57. The Balaban J connectivity index is 1.56. The molecule has 1 aliphatic carbocycles. The lowest BCUT2D eigenvalue weighted by Gasteiger charge is -2.14. The summed E-state index contributed by atoms with van der Waals surface area (Å²) in [6.45, 7) is 0. The van der Waals surface area contributed by atoms with Crippen LogP contribution in [0.5, 0.6) is 0 Å². The molecule has 1 saturated carbocycles. The SMILES string of the molecule is O=C(NC1CC1)C(Sc1nnc(-c2cccs2)o1)c1ccccc1. The van der Waals surface area contributed by atoms with Gasteiger partial charge in [0.25, 0.3) is 11.1 Å². The summed E-state index contributed by atoms with van der Waals surface area (Å²) in [5, 5.41) is 13.2. The Kier molecular flexibility index (Phi) is 4.36. The summed E-state index contributed by atoms with van der Waals surface area (Å²) in [6, 6.07) is 13.9. The maximum atomic E-state index is 12.6. The van der Waals surface area contributed by atoms with Crippen LogP contribution in [0.25, 0.3) is 10.8 Å². The van der Waals surface area contributed by atoms with E-state index >= 15 is 0 Å². The molecule has 4 rings (SSSR count). The molecule has 2 aromatic heterocycles. The molecule has 1 unspecified atom stereocenters. The van der Waals surface area contributed by atoms with Gasteiger partial charge >= 0.3 is 0 Å². The number of thiophene rings is 1. The number of carbonyl (C=O) groups excluding carboxylic acids is 1. The summed E-state index contributed by atoms with van der Waals surface area (Å²) in [5.74, 6) is 0.478. The van der Waals surface area contributed by atoms with Crippen molar-refractivity contribution in [2.24, 2.45) is 0 Å². The van der Waals surface area contributed by atoms with E-state index in [1.807, 2.05) is 47.8 Å². The summed E-state index contributed by atoms with van der Waals surface area (Å²) in [6.07, 6.45) is 2.11. The molecule has 0 aliphatic heterocycles. The van der Waals surface area contributed by atoms with E-state index in [-0.39, 0.29) is 5.91 Å². The van der Waals surface area contributed by atoms with Crippen LogP contribution in [0.2, 0.25) is 0 Å². The molecule has 1 atom stereocenters. The van der Waals surface area contributed by atoms with E-state index in [1.54, 1.807) is 11.3 Å². The van der Waals surface area contributed by atoms with Crippen molar-refractivity contribution < 1.29 is 9.21 Å². The van der Waals surface area contributed by atoms with E-state index in [0.717, 1.165) is 23.3 Å². The van der Waals surface area contributed by atoms with Gasteiger partial charge in [-0.05, 0) is 41.6 Å². The molecular weight excluding hydrogens is 342 g/mol. The second-order valence-electron chi connectivity index (χ2n) is 5.54. The second kappa shape index (κ2) is 6.78. The van der Waals surface area contributed by atoms with Gasteiger partial charge in [0, 0.05) is 6.04 Å². The minimum atomic E-state index is -0.400. The highest BCUT2D eigenvalue weighted by Crippen LogP contribution is 2.37. The van der Waals surface area contributed by atoms with Gasteiger partial charge in [-0.25, -0.2) is 0 Å². The number of benzene rings is 1. The van der Waals surface area contributed by atoms with Gasteiger partial charge in [-0.1, -0.05) is 36.4 Å². The average molecular weight is 357 g/mol. The van der Waals surface area contributed by atoms with E-state index < -0.39 is 5.25 Å². The van der Waals surface area contributed by atoms with Crippen molar-refractivity contribution in [3.8, 4) is 10.8 Å². The van der Waals surface area contributed by atoms with Gasteiger partial charge in [0.15, 0.2) is 0 Å². The number of hydrogen-bond acceptors (Lipinski definition) is 6. The van der Waals surface area contributed by atoms with Crippen molar-refractivity contribution in [1.82, 2.24) is 15.5 Å². The smallest absolute Gasteiger partial charge is 0.278 e. The zero-order valence-electron chi connectivity index (χ0n) is 12.7. The lowest BCUT2D eigenvalue weighted by molar-refractivity contribution is -0.120. The van der Waals surface area contributed by atoms with Crippen LogP contribution in [0.1, 0.15) is 23.7 Å². The van der Waals surface area contributed by atoms with Crippen LogP contribution in [0.4, 0.5) is 0 Å². The molecule has 122 valence electrons. The number of rotatable bonds is 6. The number of nitrogens with zero attached hydrogens (tertiary/aromatic N) is 2. The molecular formula is C17H15N3O2S2. The predicted molar refractivity (Wildman–Crippen MR) is 93.8 cm³/mol. The quantitative estimate of drug-likeness (QED) is 0.678. The highest BCUT2D eigenvalue weighted by molar-refractivity contribution is 8.00. The van der Waals surface area contributed by atoms with E-state index in [1.165, 1.54) is 11.8 Å². The molecule has 0 radical (unpaired) electrons. The minimum Gasteiger partial charge on any atom is -0.410 e. The zero-order chi connectivity index (χ0) is 16.4. The zero-order valence-corrected chi connectivity index (χ0v) is 14.3. The Bertz CT molecular complexity index is 814. The van der Waals surface area contributed by atoms with Gasteiger partial charge in [0.05, 0.1) is 4.88 Å². The van der Waals surface area contributed by atoms with Gasteiger partial charge in [-0.3, -0.25) is 4.79 Å². The highest BCUT2D eigenvalue weighted by atomic mass is 32.2. The molecule has 2 heterocycles. The molecule has 5 nitrogen and oxygen atoms in total. The van der Waals surface area contributed by atoms with Crippen molar-refractivity contribution in [2.45, 2.75) is 29.4 Å². The molecule has 0 spiro atoms. The van der Waals surface area contributed by atoms with Crippen molar-refractivity contribution in [2.75, 3.05) is 0 Å². The third-order valence-electron chi connectivity index (χ3n) is 3.62. The molecule has 1 aromatic carbocycles. The van der Waals surface area contributed by atoms with Crippen LogP contribution >= 0.6 is 23.1 Å². The van der Waals surface area contributed by atoms with Gasteiger partial charge in [0.1, 0.15) is 5.25 Å². The van der Waals surface area contributed by atoms with Crippen LogP contribution in [0.3, 0.4) is 0 Å². The summed E-state index contributed by atoms with van der Waals surface area (Å²) in [5.41, 5.74) is 0.927. The topological polar surface area (TPSA) is 68.0 Å². The van der Waals surface area contributed by atoms with Gasteiger partial charge in [-0.2, -0.15) is 0 Å². The van der Waals surface area contributed by atoms with Crippen LogP contribution in [0.15, 0.2) is 57.5 Å². The average Bonchev–Trinajstić information content (AvgIpc) is 3.08. The fourth-order valence-electron chi connectivity index (χ4n) is 2.26. The molecule has 1 aliphatic rings. The Labute approximate surface area is 147 Å². The lowest BCUT2D eigenvalue weighted by atomic mass is 10.1. The number of amides is 1. The molecule has 1 fully saturated rings. The molecule has 3 aromatic rings. The van der Waals surface area contributed by atoms with Crippen LogP contribution in [-0.2, 0) is 4.79 Å². The number of nitrogens with one attached hydrogen (secondary N) is 1. The Morgan fingerprint density at radius 1 is 1.21 bits per heavy atom. The number of thioether (sulfide) groups is 1. The molecule has 1 amide bonds. The van der Waals surface area contributed by atoms with E-state index in [4.69, 9.17) is 4.42 Å². The lowest BCUT2D eigenvalue weighted by Crippen LogP contribution is -2.29. The van der Waals surface area contributed by atoms with Crippen LogP contribution < -0.4 is 5.32 Å². The fraction of sp³-hybridized carbons (Fsp3) is 0.235. The van der Waals surface area contributed by atoms with Crippen molar-refractivity contribution in [3.05, 3.63) is 53.4 Å². The normalized spacial score (nSPS) is 15.2.